The Morgan fingerprint density at radius 3 is 2.47 bits per heavy atom. The molecule has 1 aromatic carbocycles. The van der Waals surface area contributed by atoms with Crippen molar-refractivity contribution in [3.8, 4) is 0 Å². The molecule has 0 aliphatic carbocycles. The van der Waals surface area contributed by atoms with Crippen molar-refractivity contribution in [2.24, 2.45) is 0 Å². The van der Waals surface area contributed by atoms with Crippen molar-refractivity contribution in [2.45, 2.75) is 45.7 Å². The van der Waals surface area contributed by atoms with E-state index in [1.54, 1.807) is 0 Å². The minimum atomic E-state index is -0.233. The zero-order chi connectivity index (χ0) is 14.3. The first-order chi connectivity index (χ1) is 9.08. The van der Waals surface area contributed by atoms with Gasteiger partial charge in [-0.25, -0.2) is 0 Å². The molecule has 0 radical (unpaired) electrons. The van der Waals surface area contributed by atoms with Crippen LogP contribution in [0.4, 0.5) is 0 Å². The summed E-state index contributed by atoms with van der Waals surface area (Å²) in [6.07, 6.45) is 1.74. The molecule has 0 amide bonds. The number of hydrogen-bond acceptors (Lipinski definition) is 3. The number of benzene rings is 1. The van der Waals surface area contributed by atoms with E-state index in [0.717, 1.165) is 22.9 Å². The zero-order valence-electron chi connectivity index (χ0n) is 11.8. The summed E-state index contributed by atoms with van der Waals surface area (Å²) in [6.45, 7) is 6.38. The molecule has 1 unspecified atom stereocenters. The Bertz CT molecular complexity index is 392. The average Bonchev–Trinajstić information content (AvgIpc) is 2.39. The van der Waals surface area contributed by atoms with Crippen molar-refractivity contribution in [3.05, 3.63) is 34.3 Å². The third-order valence-corrected chi connectivity index (χ3v) is 3.50. The maximum absolute atomic E-state index is 11.9. The molecule has 1 aromatic rings. The van der Waals surface area contributed by atoms with Gasteiger partial charge >= 0.3 is 5.97 Å². The second-order valence-corrected chi connectivity index (χ2v) is 5.45. The van der Waals surface area contributed by atoms with E-state index in [1.165, 1.54) is 0 Å². The summed E-state index contributed by atoms with van der Waals surface area (Å²) in [5, 5.41) is 3.35. The lowest BCUT2D eigenvalue weighted by Crippen LogP contribution is -2.39. The maximum Gasteiger partial charge on any atom is 0.323 e. The Hall–Kier alpha value is -0.870. The third kappa shape index (κ3) is 5.33. The second-order valence-electron chi connectivity index (χ2n) is 4.53. The van der Waals surface area contributed by atoms with E-state index in [1.807, 2.05) is 19.1 Å². The molecule has 0 aromatic heterocycles. The summed E-state index contributed by atoms with van der Waals surface area (Å²) in [7, 11) is 0. The first kappa shape index (κ1) is 16.2. The van der Waals surface area contributed by atoms with Crippen LogP contribution in [-0.2, 0) is 9.53 Å². The van der Waals surface area contributed by atoms with Crippen LogP contribution in [0.5, 0.6) is 0 Å². The Labute approximate surface area is 123 Å². The second kappa shape index (κ2) is 8.33. The van der Waals surface area contributed by atoms with Crippen molar-refractivity contribution in [3.63, 3.8) is 0 Å². The van der Waals surface area contributed by atoms with Crippen LogP contribution in [0.2, 0.25) is 0 Å². The zero-order valence-corrected chi connectivity index (χ0v) is 13.4. The fourth-order valence-electron chi connectivity index (χ4n) is 1.95. The highest BCUT2D eigenvalue weighted by atomic mass is 79.9. The molecule has 106 valence electrons. The maximum atomic E-state index is 11.9. The largest absolute Gasteiger partial charge is 0.465 e. The van der Waals surface area contributed by atoms with Gasteiger partial charge < -0.3 is 4.74 Å². The lowest BCUT2D eigenvalue weighted by Gasteiger charge is -2.22. The van der Waals surface area contributed by atoms with Crippen molar-refractivity contribution in [2.75, 3.05) is 6.61 Å². The smallest absolute Gasteiger partial charge is 0.323 e. The fourth-order valence-corrected chi connectivity index (χ4v) is 2.21. The molecule has 0 fully saturated rings. The number of esters is 1. The SMILES string of the molecule is CCCC(N[C@H](C)c1ccc(Br)cc1)C(=O)OCC. The van der Waals surface area contributed by atoms with Gasteiger partial charge in [-0.15, -0.1) is 0 Å². The minimum absolute atomic E-state index is 0.119. The highest BCUT2D eigenvalue weighted by Gasteiger charge is 2.21. The summed E-state index contributed by atoms with van der Waals surface area (Å²) >= 11 is 3.42. The number of halogens is 1. The van der Waals surface area contributed by atoms with E-state index in [0.29, 0.717) is 6.61 Å². The molecule has 0 saturated heterocycles. The lowest BCUT2D eigenvalue weighted by molar-refractivity contribution is -0.146. The first-order valence-electron chi connectivity index (χ1n) is 6.76. The molecule has 19 heavy (non-hydrogen) atoms. The average molecular weight is 328 g/mol. The molecule has 4 heteroatoms. The van der Waals surface area contributed by atoms with Crippen molar-refractivity contribution >= 4 is 21.9 Å². The highest BCUT2D eigenvalue weighted by Crippen LogP contribution is 2.18. The van der Waals surface area contributed by atoms with Crippen LogP contribution in [0.1, 0.15) is 45.2 Å². The van der Waals surface area contributed by atoms with Crippen LogP contribution in [-0.4, -0.2) is 18.6 Å². The molecule has 0 spiro atoms. The monoisotopic (exact) mass is 327 g/mol. The molecule has 2 atom stereocenters. The molecular weight excluding hydrogens is 306 g/mol. The van der Waals surface area contributed by atoms with E-state index in [4.69, 9.17) is 4.74 Å². The summed E-state index contributed by atoms with van der Waals surface area (Å²) in [5.74, 6) is -0.159. The highest BCUT2D eigenvalue weighted by molar-refractivity contribution is 9.10. The van der Waals surface area contributed by atoms with Gasteiger partial charge in [0.15, 0.2) is 0 Å². The topological polar surface area (TPSA) is 38.3 Å². The predicted octanol–water partition coefficient (Wildman–Crippen LogP) is 3.83. The normalized spacial score (nSPS) is 13.9. The van der Waals surface area contributed by atoms with Gasteiger partial charge in [0, 0.05) is 10.5 Å². The van der Waals surface area contributed by atoms with Crippen molar-refractivity contribution < 1.29 is 9.53 Å². The van der Waals surface area contributed by atoms with Gasteiger partial charge in [0.25, 0.3) is 0 Å². The van der Waals surface area contributed by atoms with Crippen LogP contribution in [0.15, 0.2) is 28.7 Å². The lowest BCUT2D eigenvalue weighted by atomic mass is 10.1. The number of rotatable bonds is 7. The predicted molar refractivity (Wildman–Crippen MR) is 81.0 cm³/mol. The summed E-state index contributed by atoms with van der Waals surface area (Å²) < 4.78 is 6.16. The van der Waals surface area contributed by atoms with Crippen molar-refractivity contribution in [1.82, 2.24) is 5.32 Å². The Morgan fingerprint density at radius 2 is 1.95 bits per heavy atom. The van der Waals surface area contributed by atoms with Crippen LogP contribution in [0.25, 0.3) is 0 Å². The number of nitrogens with one attached hydrogen (secondary N) is 1. The van der Waals surface area contributed by atoms with Gasteiger partial charge in [-0.2, -0.15) is 0 Å². The quantitative estimate of drug-likeness (QED) is 0.773. The van der Waals surface area contributed by atoms with E-state index in [9.17, 15) is 4.79 Å². The van der Waals surface area contributed by atoms with Crippen LogP contribution >= 0.6 is 15.9 Å². The molecule has 0 heterocycles. The van der Waals surface area contributed by atoms with Gasteiger partial charge in [0.2, 0.25) is 0 Å². The molecule has 0 bridgehead atoms. The van der Waals surface area contributed by atoms with Gasteiger partial charge in [0.05, 0.1) is 6.61 Å². The molecule has 0 saturated carbocycles. The van der Waals surface area contributed by atoms with E-state index >= 15 is 0 Å². The third-order valence-electron chi connectivity index (χ3n) is 2.97. The molecule has 3 nitrogen and oxygen atoms in total. The van der Waals surface area contributed by atoms with Crippen LogP contribution < -0.4 is 5.32 Å². The number of hydrogen-bond donors (Lipinski definition) is 1. The van der Waals surface area contributed by atoms with Gasteiger partial charge in [-0.1, -0.05) is 41.4 Å². The van der Waals surface area contributed by atoms with E-state index in [2.05, 4.69) is 47.2 Å². The van der Waals surface area contributed by atoms with Gasteiger partial charge in [0.1, 0.15) is 6.04 Å². The van der Waals surface area contributed by atoms with Gasteiger partial charge in [-0.3, -0.25) is 10.1 Å². The summed E-state index contributed by atoms with van der Waals surface area (Å²) in [5.41, 5.74) is 1.16. The van der Waals surface area contributed by atoms with Crippen LogP contribution in [0, 0.1) is 0 Å². The molecule has 0 aliphatic rings. The van der Waals surface area contributed by atoms with E-state index in [-0.39, 0.29) is 18.1 Å². The molecular formula is C15H22BrNO2. The standard InChI is InChI=1S/C15H22BrNO2/c1-4-6-14(15(18)19-5-2)17-11(3)12-7-9-13(16)10-8-12/h7-11,14,17H,4-6H2,1-3H3/t11-,14?/m1/s1. The number of carbonyl (C=O) groups is 1. The Balaban J connectivity index is 2.67. The first-order valence-corrected chi connectivity index (χ1v) is 7.55. The van der Waals surface area contributed by atoms with Crippen molar-refractivity contribution in [1.29, 1.82) is 0 Å². The molecule has 0 aliphatic heterocycles. The molecule has 1 rings (SSSR count). The van der Waals surface area contributed by atoms with Gasteiger partial charge in [-0.05, 0) is 38.0 Å². The minimum Gasteiger partial charge on any atom is -0.465 e. The number of ether oxygens (including phenoxy) is 1. The van der Waals surface area contributed by atoms with E-state index < -0.39 is 0 Å². The summed E-state index contributed by atoms with van der Waals surface area (Å²) in [6, 6.07) is 8.00. The summed E-state index contributed by atoms with van der Waals surface area (Å²) in [4.78, 5) is 11.9. The number of carbonyl (C=O) groups excluding carboxylic acids is 1. The van der Waals surface area contributed by atoms with Crippen LogP contribution in [0.3, 0.4) is 0 Å². The Morgan fingerprint density at radius 1 is 1.32 bits per heavy atom. The Kier molecular flexibility index (Phi) is 7.10. The fraction of sp³-hybridized carbons (Fsp3) is 0.533. The molecule has 1 N–H and O–H groups in total.